The number of nitrogens with zero attached hydrogens (tertiary/aromatic N) is 1. The van der Waals surface area contributed by atoms with Gasteiger partial charge in [-0.05, 0) is 80.6 Å². The molecule has 49 heavy (non-hydrogen) atoms. The first-order valence-electron chi connectivity index (χ1n) is 15.7. The monoisotopic (exact) mass is 712 g/mol. The van der Waals surface area contributed by atoms with E-state index < -0.39 is 41.8 Å². The molecule has 3 aromatic carbocycles. The molecule has 0 aliphatic rings. The largest absolute Gasteiger partial charge is 0.489 e. The number of nitrogens with one attached hydrogen (secondary N) is 3. The van der Waals surface area contributed by atoms with Crippen molar-refractivity contribution in [3.8, 4) is 5.75 Å². The molecule has 4 amide bonds. The summed E-state index contributed by atoms with van der Waals surface area (Å²) in [6, 6.07) is 16.6. The Labute approximate surface area is 295 Å². The Bertz CT molecular complexity index is 1570. The van der Waals surface area contributed by atoms with E-state index in [1.807, 2.05) is 0 Å². The molecule has 11 N–H and O–H groups in total. The summed E-state index contributed by atoms with van der Waals surface area (Å²) in [6.07, 6.45) is 1.85. The third-order valence-corrected chi connectivity index (χ3v) is 8.12. The first-order valence-corrected chi connectivity index (χ1v) is 16.4. The Hall–Kier alpha value is -4.85. The van der Waals surface area contributed by atoms with E-state index in [9.17, 15) is 19.2 Å². The molecule has 3 rings (SSSR count). The van der Waals surface area contributed by atoms with Crippen LogP contribution in [-0.4, -0.2) is 54.8 Å². The number of rotatable bonds is 19. The van der Waals surface area contributed by atoms with Crippen LogP contribution in [-0.2, 0) is 21.0 Å². The maximum Gasteiger partial charge on any atom is 0.251 e. The van der Waals surface area contributed by atoms with Crippen LogP contribution >= 0.6 is 23.2 Å². The minimum Gasteiger partial charge on any atom is -0.489 e. The average Bonchev–Trinajstić information content (AvgIpc) is 3.08. The maximum absolute atomic E-state index is 13.6. The molecule has 0 saturated heterocycles. The zero-order valence-electron chi connectivity index (χ0n) is 26.9. The normalized spacial score (nSPS) is 12.6. The lowest BCUT2D eigenvalue weighted by Gasteiger charge is -2.25. The van der Waals surface area contributed by atoms with Crippen LogP contribution in [0, 0.1) is 0 Å². The van der Waals surface area contributed by atoms with E-state index in [2.05, 4.69) is 20.9 Å². The maximum atomic E-state index is 13.6. The number of carbonyl (C=O) groups excluding carboxylic acids is 4. The predicted octanol–water partition coefficient (Wildman–Crippen LogP) is 2.68. The van der Waals surface area contributed by atoms with Crippen LogP contribution in [0.1, 0.15) is 59.6 Å². The fourth-order valence-electron chi connectivity index (χ4n) is 4.78. The van der Waals surface area contributed by atoms with E-state index in [0.717, 1.165) is 0 Å². The number of hydrogen-bond donors (Lipinski definition) is 7. The predicted molar refractivity (Wildman–Crippen MR) is 190 cm³/mol. The molecular formula is C34H42Cl2N8O5. The second-order valence-electron chi connectivity index (χ2n) is 11.1. The highest BCUT2D eigenvalue weighted by atomic mass is 35.5. The fourth-order valence-corrected chi connectivity index (χ4v) is 5.29. The Morgan fingerprint density at radius 3 is 1.96 bits per heavy atom. The first-order chi connectivity index (χ1) is 23.5. The zero-order valence-corrected chi connectivity index (χ0v) is 28.4. The summed E-state index contributed by atoms with van der Waals surface area (Å²) in [7, 11) is 0. The minimum atomic E-state index is -1.22. The van der Waals surface area contributed by atoms with Crippen LogP contribution in [0.2, 0.25) is 10.0 Å². The summed E-state index contributed by atoms with van der Waals surface area (Å²) < 4.78 is 5.81. The number of nitrogens with two attached hydrogens (primary N) is 4. The molecule has 0 aliphatic heterocycles. The van der Waals surface area contributed by atoms with Gasteiger partial charge in [-0.3, -0.25) is 24.2 Å². The average molecular weight is 714 g/mol. The molecule has 3 atom stereocenters. The summed E-state index contributed by atoms with van der Waals surface area (Å²) in [5, 5.41) is 9.06. The highest BCUT2D eigenvalue weighted by Crippen LogP contribution is 2.26. The number of halogens is 2. The summed E-state index contributed by atoms with van der Waals surface area (Å²) in [6.45, 7) is 0.717. The summed E-state index contributed by atoms with van der Waals surface area (Å²) in [4.78, 5) is 56.6. The van der Waals surface area contributed by atoms with Crippen molar-refractivity contribution < 1.29 is 23.9 Å². The van der Waals surface area contributed by atoms with Crippen LogP contribution in [0.25, 0.3) is 0 Å². The summed E-state index contributed by atoms with van der Waals surface area (Å²) in [5.41, 5.74) is 23.6. The van der Waals surface area contributed by atoms with Gasteiger partial charge in [-0.1, -0.05) is 59.6 Å². The minimum absolute atomic E-state index is 0.0980. The van der Waals surface area contributed by atoms with Gasteiger partial charge in [0.05, 0.1) is 0 Å². The van der Waals surface area contributed by atoms with Crippen molar-refractivity contribution in [1.82, 2.24) is 16.0 Å². The standard InChI is InChI=1S/C34H42Cl2N8O5/c35-25-10-6-11-26(36)24(25)20-49-23-16-14-21(15-17-23)29(30(38)45)44-33(48)27(12-4-5-18-37)43-32(47)28(13-7-19-41-34(39)40)42-31(46)22-8-2-1-3-9-22/h1-3,6,8-11,14-17,27-29H,4-5,7,12-13,18-20,37H2,(H2,38,45)(H,42,46)(H,43,47)(H,44,48)(H4,39,40,41)/t27-,28-,29+/m0/s1. The number of amides is 4. The number of unbranched alkanes of at least 4 members (excludes halogenated alkanes) is 1. The molecule has 3 aromatic rings. The van der Waals surface area contributed by atoms with Crippen molar-refractivity contribution in [3.63, 3.8) is 0 Å². The second kappa shape index (κ2) is 19.8. The molecule has 0 unspecified atom stereocenters. The van der Waals surface area contributed by atoms with Crippen molar-refractivity contribution >= 4 is 52.8 Å². The Balaban J connectivity index is 1.74. The lowest BCUT2D eigenvalue weighted by Crippen LogP contribution is -2.54. The quantitative estimate of drug-likeness (QED) is 0.0554. The number of primary amides is 1. The van der Waals surface area contributed by atoms with Crippen molar-refractivity contribution in [2.45, 2.75) is 56.8 Å². The molecule has 0 spiro atoms. The van der Waals surface area contributed by atoms with E-state index in [1.165, 1.54) is 0 Å². The van der Waals surface area contributed by atoms with Gasteiger partial charge in [0.15, 0.2) is 5.96 Å². The molecule has 13 nitrogen and oxygen atoms in total. The van der Waals surface area contributed by atoms with E-state index in [1.54, 1.807) is 72.8 Å². The molecule has 0 heterocycles. The first kappa shape index (κ1) is 38.6. The number of benzene rings is 3. The molecular weight excluding hydrogens is 671 g/mol. The molecule has 0 aliphatic carbocycles. The van der Waals surface area contributed by atoms with Crippen molar-refractivity contribution in [2.75, 3.05) is 13.1 Å². The van der Waals surface area contributed by atoms with Gasteiger partial charge in [0.2, 0.25) is 17.7 Å². The highest BCUT2D eigenvalue weighted by molar-refractivity contribution is 6.35. The molecule has 0 radical (unpaired) electrons. The van der Waals surface area contributed by atoms with Crippen molar-refractivity contribution in [1.29, 1.82) is 0 Å². The molecule has 0 fully saturated rings. The summed E-state index contributed by atoms with van der Waals surface area (Å²) in [5.74, 6) is -2.16. The Morgan fingerprint density at radius 2 is 1.35 bits per heavy atom. The van der Waals surface area contributed by atoms with Gasteiger partial charge >= 0.3 is 0 Å². The van der Waals surface area contributed by atoms with Crippen molar-refractivity contribution in [3.05, 3.63) is 99.5 Å². The summed E-state index contributed by atoms with van der Waals surface area (Å²) >= 11 is 12.5. The molecule has 0 saturated carbocycles. The van der Waals surface area contributed by atoms with Gasteiger partial charge in [0, 0.05) is 27.7 Å². The molecule has 262 valence electrons. The number of aliphatic imine (C=N–C) groups is 1. The highest BCUT2D eigenvalue weighted by Gasteiger charge is 2.29. The van der Waals surface area contributed by atoms with E-state index >= 15 is 0 Å². The zero-order chi connectivity index (χ0) is 35.8. The molecule has 0 bridgehead atoms. The van der Waals surface area contributed by atoms with Gasteiger partial charge in [-0.2, -0.15) is 0 Å². The van der Waals surface area contributed by atoms with Gasteiger partial charge in [-0.15, -0.1) is 0 Å². The van der Waals surface area contributed by atoms with Gasteiger partial charge < -0.3 is 43.6 Å². The Morgan fingerprint density at radius 1 is 0.735 bits per heavy atom. The number of hydrogen-bond acceptors (Lipinski definition) is 7. The Kier molecular flexibility index (Phi) is 15.6. The second-order valence-corrected chi connectivity index (χ2v) is 11.9. The van der Waals surface area contributed by atoms with E-state index in [0.29, 0.717) is 58.3 Å². The van der Waals surface area contributed by atoms with E-state index in [4.69, 9.17) is 50.9 Å². The number of ether oxygens (including phenoxy) is 1. The number of carbonyl (C=O) groups is 4. The smallest absolute Gasteiger partial charge is 0.251 e. The van der Waals surface area contributed by atoms with Gasteiger partial charge in [0.1, 0.15) is 30.5 Å². The fraction of sp³-hybridized carbons (Fsp3) is 0.324. The molecule has 0 aromatic heterocycles. The van der Waals surface area contributed by atoms with Crippen LogP contribution in [0.4, 0.5) is 0 Å². The lowest BCUT2D eigenvalue weighted by molar-refractivity contribution is -0.132. The SMILES string of the molecule is NCCCC[C@H](NC(=O)[C@H](CCCN=C(N)N)NC(=O)c1ccccc1)C(=O)N[C@@H](C(N)=O)c1ccc(OCc2c(Cl)cccc2Cl)cc1. The topological polar surface area (TPSA) is 230 Å². The van der Waals surface area contributed by atoms with Crippen LogP contribution in [0.3, 0.4) is 0 Å². The van der Waals surface area contributed by atoms with Gasteiger partial charge in [-0.25, -0.2) is 0 Å². The van der Waals surface area contributed by atoms with Crippen molar-refractivity contribution in [2.24, 2.45) is 27.9 Å². The number of guanidine groups is 1. The molecule has 15 heteroatoms. The van der Waals surface area contributed by atoms with Crippen LogP contribution in [0.5, 0.6) is 5.75 Å². The lowest BCUT2D eigenvalue weighted by atomic mass is 10.0. The van der Waals surface area contributed by atoms with Crippen LogP contribution in [0.15, 0.2) is 77.8 Å². The van der Waals surface area contributed by atoms with E-state index in [-0.39, 0.29) is 32.0 Å². The third-order valence-electron chi connectivity index (χ3n) is 7.41. The van der Waals surface area contributed by atoms with Crippen LogP contribution < -0.4 is 43.6 Å². The third kappa shape index (κ3) is 12.6. The van der Waals surface area contributed by atoms with Gasteiger partial charge in [0.25, 0.3) is 5.91 Å².